The molecule has 5 heteroatoms. The van der Waals surface area contributed by atoms with Crippen LogP contribution >= 0.6 is 0 Å². The van der Waals surface area contributed by atoms with Crippen molar-refractivity contribution < 1.29 is 4.74 Å². The summed E-state index contributed by atoms with van der Waals surface area (Å²) in [5.74, 6) is 2.11. The van der Waals surface area contributed by atoms with Gasteiger partial charge in [0.15, 0.2) is 0 Å². The van der Waals surface area contributed by atoms with Crippen LogP contribution in [0, 0.1) is 0 Å². The van der Waals surface area contributed by atoms with Crippen LogP contribution in [0.25, 0.3) is 11.3 Å². The summed E-state index contributed by atoms with van der Waals surface area (Å²) in [4.78, 5) is 9.15. The minimum absolute atomic E-state index is 0.151. The fourth-order valence-corrected chi connectivity index (χ4v) is 2.55. The summed E-state index contributed by atoms with van der Waals surface area (Å²) < 4.78 is 5.69. The fraction of sp³-hybridized carbons (Fsp3) is 0.182. The lowest BCUT2D eigenvalue weighted by Crippen LogP contribution is -2.06. The molecule has 0 unspecified atom stereocenters. The Morgan fingerprint density at radius 1 is 1.04 bits per heavy atom. The lowest BCUT2D eigenvalue weighted by atomic mass is 10.1. The molecule has 0 saturated carbocycles. The molecule has 138 valence electrons. The molecule has 0 amide bonds. The summed E-state index contributed by atoms with van der Waals surface area (Å²) in [6, 6.07) is 19.8. The van der Waals surface area contributed by atoms with E-state index in [9.17, 15) is 0 Å². The highest BCUT2D eigenvalue weighted by atomic mass is 16.5. The number of hydrogen-bond donors (Lipinski definition) is 2. The number of aromatic nitrogens is 2. The van der Waals surface area contributed by atoms with E-state index in [1.54, 1.807) is 6.08 Å². The van der Waals surface area contributed by atoms with Crippen molar-refractivity contribution in [2.45, 2.75) is 20.0 Å². The monoisotopic (exact) mass is 360 g/mol. The maximum Gasteiger partial charge on any atom is 0.225 e. The summed E-state index contributed by atoms with van der Waals surface area (Å²) in [6.45, 7) is 8.35. The number of nitrogens with one attached hydrogen (secondary N) is 2. The average Bonchev–Trinajstić information content (AvgIpc) is 2.68. The van der Waals surface area contributed by atoms with Gasteiger partial charge in [-0.15, -0.1) is 6.58 Å². The topological polar surface area (TPSA) is 59.1 Å². The second-order valence-electron chi connectivity index (χ2n) is 6.31. The van der Waals surface area contributed by atoms with Crippen molar-refractivity contribution in [1.29, 1.82) is 0 Å². The molecule has 0 fully saturated rings. The SMILES string of the molecule is C=CCNc1nc(Nc2ccc(OC(C)C)cc2)cc(-c2ccccc2)n1. The minimum Gasteiger partial charge on any atom is -0.491 e. The Bertz CT molecular complexity index is 877. The van der Waals surface area contributed by atoms with Crippen molar-refractivity contribution in [3.8, 4) is 17.0 Å². The Morgan fingerprint density at radius 3 is 2.44 bits per heavy atom. The molecule has 1 heterocycles. The highest BCUT2D eigenvalue weighted by molar-refractivity contribution is 5.67. The van der Waals surface area contributed by atoms with Gasteiger partial charge in [-0.3, -0.25) is 0 Å². The zero-order valence-electron chi connectivity index (χ0n) is 15.6. The summed E-state index contributed by atoms with van der Waals surface area (Å²) in [7, 11) is 0. The van der Waals surface area contributed by atoms with E-state index in [4.69, 9.17) is 4.74 Å². The molecule has 0 atom stereocenters. The first-order valence-electron chi connectivity index (χ1n) is 8.97. The maximum absolute atomic E-state index is 5.69. The van der Waals surface area contributed by atoms with E-state index in [1.165, 1.54) is 0 Å². The highest BCUT2D eigenvalue weighted by Gasteiger charge is 2.07. The van der Waals surface area contributed by atoms with Crippen molar-refractivity contribution in [3.05, 3.63) is 73.3 Å². The van der Waals surface area contributed by atoms with Crippen molar-refractivity contribution in [2.75, 3.05) is 17.2 Å². The van der Waals surface area contributed by atoms with Gasteiger partial charge in [-0.05, 0) is 38.1 Å². The van der Waals surface area contributed by atoms with Gasteiger partial charge >= 0.3 is 0 Å². The predicted octanol–water partition coefficient (Wildman–Crippen LogP) is 5.27. The van der Waals surface area contributed by atoms with E-state index in [2.05, 4.69) is 27.2 Å². The molecule has 3 aromatic rings. The summed E-state index contributed by atoms with van der Waals surface area (Å²) in [5.41, 5.74) is 2.81. The van der Waals surface area contributed by atoms with Gasteiger partial charge in [-0.2, -0.15) is 4.98 Å². The fourth-order valence-electron chi connectivity index (χ4n) is 2.55. The number of hydrogen-bond acceptors (Lipinski definition) is 5. The van der Waals surface area contributed by atoms with Gasteiger partial charge in [-0.1, -0.05) is 36.4 Å². The van der Waals surface area contributed by atoms with Crippen LogP contribution in [0.1, 0.15) is 13.8 Å². The first-order valence-corrected chi connectivity index (χ1v) is 8.97. The van der Waals surface area contributed by atoms with Crippen molar-refractivity contribution in [3.63, 3.8) is 0 Å². The first kappa shape index (κ1) is 18.5. The maximum atomic E-state index is 5.69. The normalized spacial score (nSPS) is 10.5. The molecule has 0 saturated heterocycles. The molecule has 3 rings (SSSR count). The van der Waals surface area contributed by atoms with Gasteiger partial charge in [0.05, 0.1) is 11.8 Å². The lowest BCUT2D eigenvalue weighted by Gasteiger charge is -2.12. The van der Waals surface area contributed by atoms with Crippen LogP contribution < -0.4 is 15.4 Å². The van der Waals surface area contributed by atoms with Gasteiger partial charge in [0.25, 0.3) is 0 Å². The quantitative estimate of drug-likeness (QED) is 0.536. The Labute approximate surface area is 160 Å². The lowest BCUT2D eigenvalue weighted by molar-refractivity contribution is 0.242. The van der Waals surface area contributed by atoms with Crippen molar-refractivity contribution in [2.24, 2.45) is 0 Å². The Kier molecular flexibility index (Phi) is 6.05. The molecular weight excluding hydrogens is 336 g/mol. The van der Waals surface area contributed by atoms with Crippen LogP contribution in [-0.2, 0) is 0 Å². The van der Waals surface area contributed by atoms with E-state index >= 15 is 0 Å². The van der Waals surface area contributed by atoms with Crippen LogP contribution in [0.3, 0.4) is 0 Å². The Morgan fingerprint density at radius 2 is 1.78 bits per heavy atom. The average molecular weight is 360 g/mol. The smallest absolute Gasteiger partial charge is 0.225 e. The van der Waals surface area contributed by atoms with Crippen LogP contribution in [0.15, 0.2) is 73.3 Å². The van der Waals surface area contributed by atoms with E-state index in [0.717, 1.165) is 22.7 Å². The molecule has 5 nitrogen and oxygen atoms in total. The Balaban J connectivity index is 1.86. The van der Waals surface area contributed by atoms with Gasteiger partial charge in [0, 0.05) is 23.9 Å². The third-order valence-electron chi connectivity index (χ3n) is 3.70. The number of anilines is 3. The van der Waals surface area contributed by atoms with Crippen molar-refractivity contribution in [1.82, 2.24) is 9.97 Å². The molecule has 0 spiro atoms. The van der Waals surface area contributed by atoms with E-state index in [-0.39, 0.29) is 6.10 Å². The standard InChI is InChI=1S/C22H24N4O/c1-4-14-23-22-25-20(17-8-6-5-7-9-17)15-21(26-22)24-18-10-12-19(13-11-18)27-16(2)3/h4-13,15-16H,1,14H2,2-3H3,(H2,23,24,25,26). The van der Waals surface area contributed by atoms with Crippen molar-refractivity contribution >= 4 is 17.5 Å². The van der Waals surface area contributed by atoms with Gasteiger partial charge in [0.1, 0.15) is 11.6 Å². The largest absolute Gasteiger partial charge is 0.491 e. The van der Waals surface area contributed by atoms with Gasteiger partial charge < -0.3 is 15.4 Å². The van der Waals surface area contributed by atoms with E-state index in [1.807, 2.05) is 74.5 Å². The summed E-state index contributed by atoms with van der Waals surface area (Å²) in [5, 5.41) is 6.50. The van der Waals surface area contributed by atoms with Gasteiger partial charge in [-0.25, -0.2) is 4.98 Å². The minimum atomic E-state index is 0.151. The molecule has 0 radical (unpaired) electrons. The van der Waals surface area contributed by atoms with Gasteiger partial charge in [0.2, 0.25) is 5.95 Å². The summed E-state index contributed by atoms with van der Waals surface area (Å²) in [6.07, 6.45) is 1.93. The number of ether oxygens (including phenoxy) is 1. The molecule has 0 aliphatic carbocycles. The van der Waals surface area contributed by atoms with Crippen LogP contribution in [0.2, 0.25) is 0 Å². The van der Waals surface area contributed by atoms with E-state index in [0.29, 0.717) is 18.3 Å². The second-order valence-corrected chi connectivity index (χ2v) is 6.31. The molecule has 0 aliphatic heterocycles. The number of nitrogens with zero attached hydrogens (tertiary/aromatic N) is 2. The van der Waals surface area contributed by atoms with Crippen LogP contribution in [-0.4, -0.2) is 22.6 Å². The summed E-state index contributed by atoms with van der Waals surface area (Å²) >= 11 is 0. The van der Waals surface area contributed by atoms with E-state index < -0.39 is 0 Å². The molecule has 2 N–H and O–H groups in total. The zero-order valence-corrected chi connectivity index (χ0v) is 15.6. The second kappa shape index (κ2) is 8.85. The predicted molar refractivity (Wildman–Crippen MR) is 112 cm³/mol. The van der Waals surface area contributed by atoms with Crippen LogP contribution in [0.5, 0.6) is 5.75 Å². The molecule has 0 bridgehead atoms. The molecule has 27 heavy (non-hydrogen) atoms. The van der Waals surface area contributed by atoms with Crippen LogP contribution in [0.4, 0.5) is 17.5 Å². The molecular formula is C22H24N4O. The number of rotatable bonds is 8. The number of benzene rings is 2. The third-order valence-corrected chi connectivity index (χ3v) is 3.70. The highest BCUT2D eigenvalue weighted by Crippen LogP contribution is 2.24. The molecule has 2 aromatic carbocycles. The first-order chi connectivity index (χ1) is 13.1. The third kappa shape index (κ3) is 5.31. The molecule has 0 aliphatic rings. The Hall–Kier alpha value is -3.34. The zero-order chi connectivity index (χ0) is 19.1. The molecule has 1 aromatic heterocycles.